The van der Waals surface area contributed by atoms with Crippen LogP contribution in [0.1, 0.15) is 19.4 Å². The standard InChI is InChI=1S/C11H20N4O3S/c1-9-6-15(7-10(2)18-9)19(16,17)14(3)8-11-4-12-13-5-11/h4-5,9-10H,6-8H2,1-3H3,(H,12,13). The molecule has 19 heavy (non-hydrogen) atoms. The highest BCUT2D eigenvalue weighted by atomic mass is 32.2. The van der Waals surface area contributed by atoms with Gasteiger partial charge in [0.25, 0.3) is 10.2 Å². The zero-order chi connectivity index (χ0) is 14.0. The Kier molecular flexibility index (Phi) is 4.24. The first kappa shape index (κ1) is 14.4. The van der Waals surface area contributed by atoms with Gasteiger partial charge in [-0.3, -0.25) is 5.10 Å². The van der Waals surface area contributed by atoms with Crippen LogP contribution in [0.3, 0.4) is 0 Å². The number of H-pyrrole nitrogens is 1. The van der Waals surface area contributed by atoms with E-state index in [0.29, 0.717) is 19.6 Å². The largest absolute Gasteiger partial charge is 0.373 e. The van der Waals surface area contributed by atoms with E-state index >= 15 is 0 Å². The van der Waals surface area contributed by atoms with Crippen molar-refractivity contribution in [3.63, 3.8) is 0 Å². The van der Waals surface area contributed by atoms with Crippen LogP contribution in [0.25, 0.3) is 0 Å². The molecule has 2 heterocycles. The molecule has 108 valence electrons. The van der Waals surface area contributed by atoms with Gasteiger partial charge in [-0.1, -0.05) is 0 Å². The van der Waals surface area contributed by atoms with Crippen molar-refractivity contribution in [1.82, 2.24) is 18.8 Å². The first-order valence-corrected chi connectivity index (χ1v) is 7.64. The molecular formula is C11H20N4O3S. The summed E-state index contributed by atoms with van der Waals surface area (Å²) in [5.74, 6) is 0. The maximum atomic E-state index is 12.5. The molecule has 1 aliphatic heterocycles. The van der Waals surface area contributed by atoms with E-state index in [1.54, 1.807) is 19.4 Å². The van der Waals surface area contributed by atoms with E-state index in [4.69, 9.17) is 4.74 Å². The summed E-state index contributed by atoms with van der Waals surface area (Å²) >= 11 is 0. The number of morpholine rings is 1. The molecule has 0 spiro atoms. The lowest BCUT2D eigenvalue weighted by molar-refractivity contribution is -0.0453. The third kappa shape index (κ3) is 3.33. The van der Waals surface area contributed by atoms with Gasteiger partial charge >= 0.3 is 0 Å². The summed E-state index contributed by atoms with van der Waals surface area (Å²) in [4.78, 5) is 0. The van der Waals surface area contributed by atoms with Crippen molar-refractivity contribution in [1.29, 1.82) is 0 Å². The molecule has 1 N–H and O–H groups in total. The SMILES string of the molecule is CC1CN(S(=O)(=O)N(C)Cc2cn[nH]c2)CC(C)O1. The van der Waals surface area contributed by atoms with Crippen LogP contribution < -0.4 is 0 Å². The van der Waals surface area contributed by atoms with Gasteiger partial charge in [0.15, 0.2) is 0 Å². The Hall–Kier alpha value is -0.960. The third-order valence-corrected chi connectivity index (χ3v) is 4.93. The van der Waals surface area contributed by atoms with Crippen molar-refractivity contribution in [2.75, 3.05) is 20.1 Å². The molecule has 1 aromatic heterocycles. The average molecular weight is 288 g/mol. The fraction of sp³-hybridized carbons (Fsp3) is 0.727. The Morgan fingerprint density at radius 2 is 2.11 bits per heavy atom. The first-order valence-electron chi connectivity index (χ1n) is 6.24. The number of nitrogens with one attached hydrogen (secondary N) is 1. The van der Waals surface area contributed by atoms with Gasteiger partial charge in [-0.05, 0) is 13.8 Å². The molecule has 0 aromatic carbocycles. The second kappa shape index (κ2) is 5.58. The van der Waals surface area contributed by atoms with Crippen molar-refractivity contribution in [2.24, 2.45) is 0 Å². The van der Waals surface area contributed by atoms with Gasteiger partial charge in [0, 0.05) is 38.4 Å². The summed E-state index contributed by atoms with van der Waals surface area (Å²) in [5.41, 5.74) is 0.834. The van der Waals surface area contributed by atoms with Crippen molar-refractivity contribution in [2.45, 2.75) is 32.6 Å². The Morgan fingerprint density at radius 3 is 2.63 bits per heavy atom. The summed E-state index contributed by atoms with van der Waals surface area (Å²) < 4.78 is 33.3. The monoisotopic (exact) mass is 288 g/mol. The molecule has 2 unspecified atom stereocenters. The number of nitrogens with zero attached hydrogens (tertiary/aromatic N) is 3. The maximum absolute atomic E-state index is 12.5. The predicted molar refractivity (Wildman–Crippen MR) is 70.6 cm³/mol. The molecule has 1 aliphatic rings. The van der Waals surface area contributed by atoms with E-state index in [9.17, 15) is 8.42 Å². The summed E-state index contributed by atoms with van der Waals surface area (Å²) in [7, 11) is -1.88. The molecule has 0 aliphatic carbocycles. The van der Waals surface area contributed by atoms with Gasteiger partial charge in [-0.25, -0.2) is 0 Å². The highest BCUT2D eigenvalue weighted by molar-refractivity contribution is 7.86. The molecule has 1 fully saturated rings. The first-order chi connectivity index (χ1) is 8.89. The second-order valence-corrected chi connectivity index (χ2v) is 6.98. The predicted octanol–water partition coefficient (Wildman–Crippen LogP) is 0.196. The molecule has 0 amide bonds. The van der Waals surface area contributed by atoms with Crippen LogP contribution in [0.5, 0.6) is 0 Å². The van der Waals surface area contributed by atoms with E-state index < -0.39 is 10.2 Å². The van der Waals surface area contributed by atoms with Crippen LogP contribution in [0.2, 0.25) is 0 Å². The van der Waals surface area contributed by atoms with Crippen molar-refractivity contribution in [3.8, 4) is 0 Å². The lowest BCUT2D eigenvalue weighted by Crippen LogP contribution is -2.52. The Labute approximate surface area is 113 Å². The van der Waals surface area contributed by atoms with Gasteiger partial charge in [0.1, 0.15) is 0 Å². The number of hydrogen-bond donors (Lipinski definition) is 1. The summed E-state index contributed by atoms with van der Waals surface area (Å²) in [6, 6.07) is 0. The average Bonchev–Trinajstić information content (AvgIpc) is 2.80. The van der Waals surface area contributed by atoms with Crippen molar-refractivity contribution in [3.05, 3.63) is 18.0 Å². The third-order valence-electron chi connectivity index (χ3n) is 3.07. The molecular weight excluding hydrogens is 268 g/mol. The minimum absolute atomic E-state index is 0.0825. The van der Waals surface area contributed by atoms with Gasteiger partial charge in [-0.15, -0.1) is 0 Å². The molecule has 1 saturated heterocycles. The fourth-order valence-corrected chi connectivity index (χ4v) is 3.72. The molecule has 0 saturated carbocycles. The second-order valence-electron chi connectivity index (χ2n) is 4.94. The van der Waals surface area contributed by atoms with E-state index in [1.165, 1.54) is 8.61 Å². The van der Waals surface area contributed by atoms with Gasteiger partial charge < -0.3 is 4.74 Å². The van der Waals surface area contributed by atoms with Crippen LogP contribution in [0, 0.1) is 0 Å². The number of aromatic nitrogens is 2. The molecule has 2 rings (SSSR count). The topological polar surface area (TPSA) is 78.5 Å². The van der Waals surface area contributed by atoms with E-state index in [2.05, 4.69) is 10.2 Å². The van der Waals surface area contributed by atoms with E-state index in [-0.39, 0.29) is 12.2 Å². The zero-order valence-corrected chi connectivity index (χ0v) is 12.2. The normalized spacial score (nSPS) is 25.9. The van der Waals surface area contributed by atoms with Gasteiger partial charge in [0.05, 0.1) is 18.4 Å². The molecule has 1 aromatic rings. The minimum atomic E-state index is -3.46. The quantitative estimate of drug-likeness (QED) is 0.858. The van der Waals surface area contributed by atoms with Crippen molar-refractivity contribution < 1.29 is 13.2 Å². The zero-order valence-electron chi connectivity index (χ0n) is 11.4. The minimum Gasteiger partial charge on any atom is -0.373 e. The van der Waals surface area contributed by atoms with Crippen LogP contribution in [-0.4, -0.2) is 59.6 Å². The Morgan fingerprint density at radius 1 is 1.47 bits per heavy atom. The smallest absolute Gasteiger partial charge is 0.282 e. The number of rotatable bonds is 4. The summed E-state index contributed by atoms with van der Waals surface area (Å²) in [5, 5.41) is 6.49. The molecule has 8 heteroatoms. The summed E-state index contributed by atoms with van der Waals surface area (Å²) in [6.07, 6.45) is 3.15. The van der Waals surface area contributed by atoms with Crippen LogP contribution >= 0.6 is 0 Å². The molecule has 2 atom stereocenters. The summed E-state index contributed by atoms with van der Waals surface area (Å²) in [6.45, 7) is 4.85. The van der Waals surface area contributed by atoms with Crippen LogP contribution in [0.4, 0.5) is 0 Å². The van der Waals surface area contributed by atoms with Crippen LogP contribution in [-0.2, 0) is 21.5 Å². The molecule has 0 radical (unpaired) electrons. The van der Waals surface area contributed by atoms with Crippen molar-refractivity contribution >= 4 is 10.2 Å². The molecule has 7 nitrogen and oxygen atoms in total. The maximum Gasteiger partial charge on any atom is 0.282 e. The number of ether oxygens (including phenoxy) is 1. The lowest BCUT2D eigenvalue weighted by atomic mass is 10.3. The highest BCUT2D eigenvalue weighted by Gasteiger charge is 2.33. The number of hydrogen-bond acceptors (Lipinski definition) is 4. The highest BCUT2D eigenvalue weighted by Crippen LogP contribution is 2.17. The van der Waals surface area contributed by atoms with E-state index in [1.807, 2.05) is 13.8 Å². The fourth-order valence-electron chi connectivity index (χ4n) is 2.22. The lowest BCUT2D eigenvalue weighted by Gasteiger charge is -2.36. The number of aromatic amines is 1. The van der Waals surface area contributed by atoms with Crippen LogP contribution in [0.15, 0.2) is 12.4 Å². The van der Waals surface area contributed by atoms with Gasteiger partial charge in [0.2, 0.25) is 0 Å². The molecule has 0 bridgehead atoms. The Balaban J connectivity index is 2.08. The Bertz CT molecular complexity index is 492. The van der Waals surface area contributed by atoms with Gasteiger partial charge in [-0.2, -0.15) is 22.1 Å². The van der Waals surface area contributed by atoms with E-state index in [0.717, 1.165) is 5.56 Å².